The van der Waals surface area contributed by atoms with Crippen LogP contribution < -0.4 is 0 Å². The molecule has 1 aliphatic rings. The summed E-state index contributed by atoms with van der Waals surface area (Å²) in [6, 6.07) is 7.78. The van der Waals surface area contributed by atoms with E-state index >= 15 is 0 Å². The van der Waals surface area contributed by atoms with Gasteiger partial charge in [-0.1, -0.05) is 15.9 Å². The van der Waals surface area contributed by atoms with Gasteiger partial charge in [-0.05, 0) is 43.0 Å². The lowest BCUT2D eigenvalue weighted by Crippen LogP contribution is -2.18. The second-order valence-electron chi connectivity index (χ2n) is 3.67. The fourth-order valence-electron chi connectivity index (χ4n) is 1.41. The molecule has 15 heavy (non-hydrogen) atoms. The third kappa shape index (κ3) is 2.98. The zero-order valence-corrected chi connectivity index (χ0v) is 10.4. The second kappa shape index (κ2) is 4.58. The van der Waals surface area contributed by atoms with Crippen molar-refractivity contribution in [3.05, 3.63) is 28.7 Å². The molecule has 1 atom stereocenters. The molecule has 1 fully saturated rings. The van der Waals surface area contributed by atoms with Crippen LogP contribution in [0.15, 0.2) is 33.6 Å². The van der Waals surface area contributed by atoms with Crippen LogP contribution >= 0.6 is 27.7 Å². The molecule has 1 aromatic carbocycles. The average molecular weight is 287 g/mol. The van der Waals surface area contributed by atoms with Gasteiger partial charge < -0.3 is 5.11 Å². The summed E-state index contributed by atoms with van der Waals surface area (Å²) in [5, 5.41) is 8.80. The molecule has 0 aliphatic heterocycles. The van der Waals surface area contributed by atoms with Gasteiger partial charge in [0.05, 0.1) is 0 Å². The van der Waals surface area contributed by atoms with E-state index in [-0.39, 0.29) is 5.25 Å². The molecule has 2 nitrogen and oxygen atoms in total. The minimum atomic E-state index is -0.689. The highest BCUT2D eigenvalue weighted by Gasteiger charge is 2.36. The minimum Gasteiger partial charge on any atom is -0.480 e. The van der Waals surface area contributed by atoms with Gasteiger partial charge in [-0.2, -0.15) is 0 Å². The van der Waals surface area contributed by atoms with Crippen LogP contribution in [-0.2, 0) is 4.79 Å². The number of thioether (sulfide) groups is 1. The summed E-state index contributed by atoms with van der Waals surface area (Å²) in [6.45, 7) is 0. The summed E-state index contributed by atoms with van der Waals surface area (Å²) in [7, 11) is 0. The molecule has 80 valence electrons. The van der Waals surface area contributed by atoms with E-state index in [1.165, 1.54) is 11.8 Å². The van der Waals surface area contributed by atoms with Gasteiger partial charge in [0.15, 0.2) is 0 Å². The molecule has 0 saturated heterocycles. The summed E-state index contributed by atoms with van der Waals surface area (Å²) < 4.78 is 1.02. The molecular formula is C11H11BrO2S. The van der Waals surface area contributed by atoms with E-state index in [1.807, 2.05) is 24.3 Å². The SMILES string of the molecule is O=C(O)C(Sc1ccc(Br)cc1)C1CC1. The summed E-state index contributed by atoms with van der Waals surface area (Å²) in [5.41, 5.74) is 0. The molecule has 1 unspecified atom stereocenters. The molecule has 4 heteroatoms. The fraction of sp³-hybridized carbons (Fsp3) is 0.364. The van der Waals surface area contributed by atoms with E-state index in [0.29, 0.717) is 5.92 Å². The number of benzene rings is 1. The van der Waals surface area contributed by atoms with Crippen molar-refractivity contribution in [2.75, 3.05) is 0 Å². The standard InChI is InChI=1S/C11H11BrO2S/c12-8-3-5-9(6-4-8)15-10(11(13)14)7-1-2-7/h3-7,10H,1-2H2,(H,13,14). The topological polar surface area (TPSA) is 37.3 Å². The lowest BCUT2D eigenvalue weighted by molar-refractivity contribution is -0.136. The first-order valence-corrected chi connectivity index (χ1v) is 6.49. The van der Waals surface area contributed by atoms with Crippen molar-refractivity contribution >= 4 is 33.7 Å². The van der Waals surface area contributed by atoms with Crippen LogP contribution in [-0.4, -0.2) is 16.3 Å². The maximum Gasteiger partial charge on any atom is 0.317 e. The van der Waals surface area contributed by atoms with Gasteiger partial charge in [0, 0.05) is 9.37 Å². The van der Waals surface area contributed by atoms with Gasteiger partial charge in [-0.3, -0.25) is 4.79 Å². The number of hydrogen-bond donors (Lipinski definition) is 1. The first-order valence-electron chi connectivity index (χ1n) is 4.82. The molecular weight excluding hydrogens is 276 g/mol. The van der Waals surface area contributed by atoms with E-state index in [9.17, 15) is 4.79 Å². The Hall–Kier alpha value is -0.480. The highest BCUT2D eigenvalue weighted by Crippen LogP contribution is 2.41. The van der Waals surface area contributed by atoms with Crippen molar-refractivity contribution < 1.29 is 9.90 Å². The van der Waals surface area contributed by atoms with Gasteiger partial charge in [0.1, 0.15) is 5.25 Å². The summed E-state index contributed by atoms with van der Waals surface area (Å²) in [6.07, 6.45) is 2.11. The lowest BCUT2D eigenvalue weighted by atomic mass is 10.3. The van der Waals surface area contributed by atoms with E-state index in [2.05, 4.69) is 15.9 Å². The maximum absolute atomic E-state index is 11.0. The van der Waals surface area contributed by atoms with Gasteiger partial charge in [0.2, 0.25) is 0 Å². The minimum absolute atomic E-state index is 0.272. The van der Waals surface area contributed by atoms with Gasteiger partial charge in [-0.15, -0.1) is 11.8 Å². The highest BCUT2D eigenvalue weighted by atomic mass is 79.9. The number of carboxylic acid groups (broad SMARTS) is 1. The van der Waals surface area contributed by atoms with Crippen LogP contribution in [0.1, 0.15) is 12.8 Å². The van der Waals surface area contributed by atoms with Crippen LogP contribution in [0.5, 0.6) is 0 Å². The van der Waals surface area contributed by atoms with Gasteiger partial charge in [0.25, 0.3) is 0 Å². The molecule has 0 aromatic heterocycles. The monoisotopic (exact) mass is 286 g/mol. The summed E-state index contributed by atoms with van der Waals surface area (Å²) in [4.78, 5) is 12.0. The van der Waals surface area contributed by atoms with Crippen LogP contribution in [0, 0.1) is 5.92 Å². The Morgan fingerprint density at radius 3 is 2.47 bits per heavy atom. The Balaban J connectivity index is 2.05. The highest BCUT2D eigenvalue weighted by molar-refractivity contribution is 9.10. The van der Waals surface area contributed by atoms with Gasteiger partial charge in [-0.25, -0.2) is 0 Å². The smallest absolute Gasteiger partial charge is 0.317 e. The molecule has 0 radical (unpaired) electrons. The van der Waals surface area contributed by atoms with Crippen LogP contribution in [0.4, 0.5) is 0 Å². The third-order valence-electron chi connectivity index (χ3n) is 2.37. The third-order valence-corrected chi connectivity index (χ3v) is 4.28. The largest absolute Gasteiger partial charge is 0.480 e. The van der Waals surface area contributed by atoms with Crippen molar-refractivity contribution in [3.63, 3.8) is 0 Å². The first-order chi connectivity index (χ1) is 7.16. The van der Waals surface area contributed by atoms with Crippen molar-refractivity contribution in [1.29, 1.82) is 0 Å². The fourth-order valence-corrected chi connectivity index (χ4v) is 2.82. The Labute approximate surface area is 101 Å². The number of carboxylic acids is 1. The molecule has 0 amide bonds. The first kappa shape index (κ1) is 11.0. The maximum atomic E-state index is 11.0. The summed E-state index contributed by atoms with van der Waals surface area (Å²) in [5.74, 6) is -0.318. The Bertz CT molecular complexity index is 359. The number of carbonyl (C=O) groups is 1. The molecule has 0 bridgehead atoms. The quantitative estimate of drug-likeness (QED) is 0.862. The number of rotatable bonds is 4. The summed E-state index contributed by atoms with van der Waals surface area (Å²) >= 11 is 4.81. The van der Waals surface area contributed by atoms with Crippen LogP contribution in [0.2, 0.25) is 0 Å². The molecule has 1 aliphatic carbocycles. The van der Waals surface area contributed by atoms with Crippen molar-refractivity contribution in [3.8, 4) is 0 Å². The predicted molar refractivity (Wildman–Crippen MR) is 64.1 cm³/mol. The Morgan fingerprint density at radius 1 is 1.40 bits per heavy atom. The molecule has 1 aromatic rings. The Kier molecular flexibility index (Phi) is 3.36. The molecule has 1 N–H and O–H groups in total. The molecule has 0 heterocycles. The van der Waals surface area contributed by atoms with Crippen molar-refractivity contribution in [2.24, 2.45) is 5.92 Å². The van der Waals surface area contributed by atoms with Gasteiger partial charge >= 0.3 is 5.97 Å². The molecule has 0 spiro atoms. The molecule has 1 saturated carbocycles. The van der Waals surface area contributed by atoms with Crippen molar-refractivity contribution in [1.82, 2.24) is 0 Å². The van der Waals surface area contributed by atoms with E-state index < -0.39 is 5.97 Å². The zero-order chi connectivity index (χ0) is 10.8. The van der Waals surface area contributed by atoms with E-state index in [0.717, 1.165) is 22.2 Å². The van der Waals surface area contributed by atoms with Crippen LogP contribution in [0.25, 0.3) is 0 Å². The number of halogens is 1. The number of hydrogen-bond acceptors (Lipinski definition) is 2. The predicted octanol–water partition coefficient (Wildman–Crippen LogP) is 3.40. The lowest BCUT2D eigenvalue weighted by Gasteiger charge is -2.10. The molecule has 2 rings (SSSR count). The van der Waals surface area contributed by atoms with Crippen molar-refractivity contribution in [2.45, 2.75) is 23.0 Å². The van der Waals surface area contributed by atoms with E-state index in [1.54, 1.807) is 0 Å². The zero-order valence-electron chi connectivity index (χ0n) is 8.02. The second-order valence-corrected chi connectivity index (χ2v) is 5.80. The average Bonchev–Trinajstić information content (AvgIpc) is 3.00. The van der Waals surface area contributed by atoms with Crippen LogP contribution in [0.3, 0.4) is 0 Å². The normalized spacial score (nSPS) is 17.4. The van der Waals surface area contributed by atoms with E-state index in [4.69, 9.17) is 5.11 Å². The number of aliphatic carboxylic acids is 1. The Morgan fingerprint density at radius 2 is 2.00 bits per heavy atom.